The van der Waals surface area contributed by atoms with Gasteiger partial charge in [0.2, 0.25) is 0 Å². The van der Waals surface area contributed by atoms with E-state index in [1.165, 1.54) is 0 Å². The van der Waals surface area contributed by atoms with Gasteiger partial charge in [0.25, 0.3) is 5.91 Å². The summed E-state index contributed by atoms with van der Waals surface area (Å²) in [6.07, 6.45) is 1.58. The van der Waals surface area contributed by atoms with Crippen LogP contribution in [0.3, 0.4) is 0 Å². The highest BCUT2D eigenvalue weighted by atomic mass is 16.1. The van der Waals surface area contributed by atoms with Crippen molar-refractivity contribution in [2.45, 2.75) is 0 Å². The van der Waals surface area contributed by atoms with E-state index in [9.17, 15) is 4.79 Å². The molecule has 0 atom stereocenters. The molecule has 0 aliphatic carbocycles. The predicted octanol–water partition coefficient (Wildman–Crippen LogP) is 1.59. The third-order valence-corrected chi connectivity index (χ3v) is 2.22. The first-order valence-corrected chi connectivity index (χ1v) is 5.43. The summed E-state index contributed by atoms with van der Waals surface area (Å²) in [7, 11) is 7.62. The largest absolute Gasteiger partial charge is 0.364 e. The van der Waals surface area contributed by atoms with E-state index in [1.807, 2.05) is 68.3 Å². The smallest absolute Gasteiger partial charge is 0.251 e. The molecule has 0 aliphatic rings. The van der Waals surface area contributed by atoms with E-state index in [4.69, 9.17) is 0 Å². The molecule has 1 aromatic carbocycles. The zero-order valence-corrected chi connectivity index (χ0v) is 10.8. The maximum Gasteiger partial charge on any atom is 0.251 e. The van der Waals surface area contributed by atoms with Crippen LogP contribution >= 0.6 is 0 Å². The number of carbonyl (C=O) groups excluding carboxylic acids is 1. The van der Waals surface area contributed by atoms with Gasteiger partial charge in [0.05, 0.1) is 0 Å². The fourth-order valence-corrected chi connectivity index (χ4v) is 1.48. The third-order valence-electron chi connectivity index (χ3n) is 2.22. The van der Waals surface area contributed by atoms with Gasteiger partial charge in [0, 0.05) is 40.0 Å². The highest BCUT2D eigenvalue weighted by Crippen LogP contribution is 2.07. The van der Waals surface area contributed by atoms with Gasteiger partial charge in [-0.05, 0) is 12.1 Å². The molecule has 92 valence electrons. The van der Waals surface area contributed by atoms with Gasteiger partial charge in [-0.2, -0.15) is 0 Å². The Hall–Kier alpha value is -1.97. The van der Waals surface area contributed by atoms with Gasteiger partial charge in [0.15, 0.2) is 0 Å². The first kappa shape index (κ1) is 13.1. The van der Waals surface area contributed by atoms with Crippen molar-refractivity contribution >= 4 is 11.6 Å². The second-order valence-corrected chi connectivity index (χ2v) is 4.15. The van der Waals surface area contributed by atoms with Crippen LogP contribution in [-0.4, -0.2) is 43.9 Å². The normalized spacial score (nSPS) is 9.41. The maximum atomic E-state index is 11.8. The molecule has 0 unspecified atom stereocenters. The van der Waals surface area contributed by atoms with Gasteiger partial charge < -0.3 is 15.1 Å². The molecule has 1 aromatic rings. The number of para-hydroxylation sites is 1. The number of hydrogen-bond donors (Lipinski definition) is 1. The predicted molar refractivity (Wildman–Crippen MR) is 70.5 cm³/mol. The summed E-state index contributed by atoms with van der Waals surface area (Å²) in [6, 6.07) is 9.40. The zero-order chi connectivity index (χ0) is 12.8. The van der Waals surface area contributed by atoms with E-state index < -0.39 is 0 Å². The van der Waals surface area contributed by atoms with Crippen molar-refractivity contribution < 1.29 is 4.79 Å². The number of nitrogens with zero attached hydrogens (tertiary/aromatic N) is 2. The quantitative estimate of drug-likeness (QED) is 0.802. The average molecular weight is 233 g/mol. The third kappa shape index (κ3) is 4.18. The molecule has 0 heterocycles. The van der Waals surface area contributed by atoms with Crippen molar-refractivity contribution in [1.29, 1.82) is 0 Å². The molecule has 0 fully saturated rings. The standard InChI is InChI=1S/C13H19N3O/c1-15(2)13(16(3)4)10-12(17)14-11-8-6-5-7-9-11/h5-10H,1-4H3,(H,14,17). The molecule has 4 nitrogen and oxygen atoms in total. The minimum atomic E-state index is -0.131. The average Bonchev–Trinajstić information content (AvgIpc) is 2.26. The van der Waals surface area contributed by atoms with E-state index in [-0.39, 0.29) is 5.91 Å². The second-order valence-electron chi connectivity index (χ2n) is 4.15. The number of amides is 1. The number of hydrogen-bond acceptors (Lipinski definition) is 3. The first-order chi connectivity index (χ1) is 8.00. The van der Waals surface area contributed by atoms with Gasteiger partial charge in [-0.1, -0.05) is 18.2 Å². The maximum absolute atomic E-state index is 11.8. The first-order valence-electron chi connectivity index (χ1n) is 5.43. The van der Waals surface area contributed by atoms with Crippen LogP contribution < -0.4 is 5.32 Å². The molecule has 1 N–H and O–H groups in total. The number of benzene rings is 1. The summed E-state index contributed by atoms with van der Waals surface area (Å²) in [4.78, 5) is 15.6. The van der Waals surface area contributed by atoms with Crippen LogP contribution in [0.4, 0.5) is 5.69 Å². The fraction of sp³-hybridized carbons (Fsp3) is 0.308. The lowest BCUT2D eigenvalue weighted by Gasteiger charge is -2.24. The van der Waals surface area contributed by atoms with Crippen molar-refractivity contribution in [2.75, 3.05) is 33.5 Å². The topological polar surface area (TPSA) is 35.6 Å². The summed E-state index contributed by atoms with van der Waals surface area (Å²) in [5, 5.41) is 2.81. The lowest BCUT2D eigenvalue weighted by molar-refractivity contribution is -0.112. The SMILES string of the molecule is CN(C)C(=CC(=O)Nc1ccccc1)N(C)C. The molecule has 17 heavy (non-hydrogen) atoms. The minimum absolute atomic E-state index is 0.131. The van der Waals surface area contributed by atoms with Crippen molar-refractivity contribution in [1.82, 2.24) is 9.80 Å². The Morgan fingerprint density at radius 2 is 1.59 bits per heavy atom. The lowest BCUT2D eigenvalue weighted by Crippen LogP contribution is -2.26. The molecular formula is C13H19N3O. The van der Waals surface area contributed by atoms with Crippen molar-refractivity contribution in [3.8, 4) is 0 Å². The van der Waals surface area contributed by atoms with Crippen LogP contribution in [0.25, 0.3) is 0 Å². The van der Waals surface area contributed by atoms with Gasteiger partial charge in [0.1, 0.15) is 5.82 Å². The number of nitrogens with one attached hydrogen (secondary N) is 1. The van der Waals surface area contributed by atoms with Crippen molar-refractivity contribution in [2.24, 2.45) is 0 Å². The minimum Gasteiger partial charge on any atom is -0.364 e. The summed E-state index contributed by atoms with van der Waals surface area (Å²) in [6.45, 7) is 0. The van der Waals surface area contributed by atoms with Crippen LogP contribution in [0.5, 0.6) is 0 Å². The monoisotopic (exact) mass is 233 g/mol. The summed E-state index contributed by atoms with van der Waals surface area (Å²) >= 11 is 0. The van der Waals surface area contributed by atoms with E-state index >= 15 is 0 Å². The van der Waals surface area contributed by atoms with Crippen LogP contribution in [-0.2, 0) is 4.79 Å². The number of carbonyl (C=O) groups is 1. The second kappa shape index (κ2) is 5.94. The molecular weight excluding hydrogens is 214 g/mol. The molecule has 1 amide bonds. The molecule has 0 saturated carbocycles. The zero-order valence-electron chi connectivity index (χ0n) is 10.8. The van der Waals surface area contributed by atoms with Crippen molar-refractivity contribution in [3.63, 3.8) is 0 Å². The number of rotatable bonds is 4. The summed E-state index contributed by atoms with van der Waals surface area (Å²) in [5.74, 6) is 0.715. The molecule has 0 bridgehead atoms. The van der Waals surface area contributed by atoms with E-state index in [1.54, 1.807) is 6.08 Å². The molecule has 0 aliphatic heterocycles. The van der Waals surface area contributed by atoms with E-state index in [2.05, 4.69) is 5.32 Å². The van der Waals surface area contributed by atoms with Gasteiger partial charge >= 0.3 is 0 Å². The molecule has 0 radical (unpaired) electrons. The Kier molecular flexibility index (Phi) is 4.57. The van der Waals surface area contributed by atoms with E-state index in [0.717, 1.165) is 11.5 Å². The Morgan fingerprint density at radius 3 is 2.06 bits per heavy atom. The molecule has 4 heteroatoms. The van der Waals surface area contributed by atoms with Crippen LogP contribution in [0.2, 0.25) is 0 Å². The number of anilines is 1. The van der Waals surface area contributed by atoms with Crippen LogP contribution in [0.15, 0.2) is 42.2 Å². The Bertz CT molecular complexity index is 386. The summed E-state index contributed by atoms with van der Waals surface area (Å²) < 4.78 is 0. The van der Waals surface area contributed by atoms with Crippen LogP contribution in [0.1, 0.15) is 0 Å². The van der Waals surface area contributed by atoms with Crippen LogP contribution in [0, 0.1) is 0 Å². The van der Waals surface area contributed by atoms with Gasteiger partial charge in [-0.15, -0.1) is 0 Å². The van der Waals surface area contributed by atoms with E-state index in [0.29, 0.717) is 0 Å². The Balaban J connectivity index is 2.74. The van der Waals surface area contributed by atoms with Gasteiger partial charge in [-0.25, -0.2) is 0 Å². The highest BCUT2D eigenvalue weighted by molar-refractivity contribution is 5.99. The molecule has 0 spiro atoms. The Labute approximate surface area is 103 Å². The fourth-order valence-electron chi connectivity index (χ4n) is 1.48. The summed E-state index contributed by atoms with van der Waals surface area (Å²) in [5.41, 5.74) is 0.797. The lowest BCUT2D eigenvalue weighted by atomic mass is 10.3. The molecule has 0 aromatic heterocycles. The van der Waals surface area contributed by atoms with Crippen molar-refractivity contribution in [3.05, 3.63) is 42.2 Å². The van der Waals surface area contributed by atoms with Gasteiger partial charge in [-0.3, -0.25) is 4.79 Å². The highest BCUT2D eigenvalue weighted by Gasteiger charge is 2.06. The molecule has 1 rings (SSSR count). The Morgan fingerprint density at radius 1 is 1.06 bits per heavy atom. The molecule has 0 saturated heterocycles.